The largest absolute Gasteiger partial charge is 0.384 e. The van der Waals surface area contributed by atoms with Gasteiger partial charge in [-0.25, -0.2) is 0 Å². The zero-order valence-corrected chi connectivity index (χ0v) is 8.01. The van der Waals surface area contributed by atoms with Crippen LogP contribution in [0.5, 0.6) is 0 Å². The van der Waals surface area contributed by atoms with Gasteiger partial charge in [-0.1, -0.05) is 23.7 Å². The van der Waals surface area contributed by atoms with E-state index in [1.165, 1.54) is 0 Å². The maximum Gasteiger partial charge on any atom is 0.102 e. The first-order chi connectivity index (χ1) is 6.17. The van der Waals surface area contributed by atoms with Crippen LogP contribution in [-0.2, 0) is 12.0 Å². The van der Waals surface area contributed by atoms with Crippen LogP contribution in [-0.4, -0.2) is 11.7 Å². The van der Waals surface area contributed by atoms with E-state index in [2.05, 4.69) is 0 Å². The van der Waals surface area contributed by atoms with E-state index in [1.54, 1.807) is 0 Å². The van der Waals surface area contributed by atoms with Gasteiger partial charge in [0.2, 0.25) is 0 Å². The van der Waals surface area contributed by atoms with Gasteiger partial charge in [-0.3, -0.25) is 0 Å². The van der Waals surface area contributed by atoms with E-state index in [-0.39, 0.29) is 6.54 Å². The van der Waals surface area contributed by atoms with Gasteiger partial charge >= 0.3 is 0 Å². The molecule has 0 amide bonds. The van der Waals surface area contributed by atoms with Crippen molar-refractivity contribution in [2.24, 2.45) is 5.73 Å². The Labute approximate surface area is 82.3 Å². The summed E-state index contributed by atoms with van der Waals surface area (Å²) in [5.74, 6) is 0. The molecule has 1 atom stereocenters. The highest BCUT2D eigenvalue weighted by molar-refractivity contribution is 6.31. The fourth-order valence-corrected chi connectivity index (χ4v) is 2.20. The highest BCUT2D eigenvalue weighted by Crippen LogP contribution is 2.39. The summed E-state index contributed by atoms with van der Waals surface area (Å²) in [4.78, 5) is 0. The molecule has 0 saturated carbocycles. The van der Waals surface area contributed by atoms with Crippen molar-refractivity contribution < 1.29 is 5.11 Å². The van der Waals surface area contributed by atoms with Crippen LogP contribution < -0.4 is 5.73 Å². The molecule has 2 nitrogen and oxygen atoms in total. The third-order valence-corrected chi connectivity index (χ3v) is 3.10. The molecule has 1 aliphatic carbocycles. The Hall–Kier alpha value is -0.570. The molecule has 3 heteroatoms. The highest BCUT2D eigenvalue weighted by atomic mass is 35.5. The molecule has 0 heterocycles. The van der Waals surface area contributed by atoms with Crippen LogP contribution in [0.15, 0.2) is 18.2 Å². The molecule has 0 radical (unpaired) electrons. The molecule has 0 saturated heterocycles. The zero-order chi connectivity index (χ0) is 9.47. The third kappa shape index (κ3) is 1.26. The van der Waals surface area contributed by atoms with E-state index in [4.69, 9.17) is 17.3 Å². The minimum atomic E-state index is -0.847. The monoisotopic (exact) mass is 197 g/mol. The number of hydrogen-bond acceptors (Lipinski definition) is 2. The normalized spacial score (nSPS) is 26.1. The summed E-state index contributed by atoms with van der Waals surface area (Å²) in [5, 5.41) is 10.8. The van der Waals surface area contributed by atoms with E-state index >= 15 is 0 Å². The third-order valence-electron chi connectivity index (χ3n) is 2.75. The van der Waals surface area contributed by atoms with Crippen molar-refractivity contribution in [3.8, 4) is 0 Å². The maximum absolute atomic E-state index is 10.1. The van der Waals surface area contributed by atoms with Crippen LogP contribution in [0.25, 0.3) is 0 Å². The second-order valence-electron chi connectivity index (χ2n) is 3.50. The van der Waals surface area contributed by atoms with Gasteiger partial charge in [-0.05, 0) is 30.0 Å². The molecule has 3 N–H and O–H groups in total. The van der Waals surface area contributed by atoms with Crippen LogP contribution >= 0.6 is 11.6 Å². The molecule has 2 rings (SSSR count). The summed E-state index contributed by atoms with van der Waals surface area (Å²) in [6.07, 6.45) is 1.51. The number of rotatable bonds is 1. The zero-order valence-electron chi connectivity index (χ0n) is 7.26. The average molecular weight is 198 g/mol. The molecule has 0 fully saturated rings. The van der Waals surface area contributed by atoms with E-state index in [9.17, 15) is 5.11 Å². The molecule has 1 aromatic rings. The Bertz CT molecular complexity index is 340. The molecule has 0 aliphatic heterocycles. The van der Waals surface area contributed by atoms with Crippen molar-refractivity contribution in [3.05, 3.63) is 34.3 Å². The standard InChI is InChI=1S/C10H12ClNO/c11-9-3-1-2-8-7(9)4-5-10(8,13)6-12/h1-3,13H,4-6,12H2. The van der Waals surface area contributed by atoms with Crippen LogP contribution in [0.4, 0.5) is 0 Å². The van der Waals surface area contributed by atoms with Gasteiger partial charge < -0.3 is 10.8 Å². The summed E-state index contributed by atoms with van der Waals surface area (Å²) >= 11 is 6.00. The predicted molar refractivity (Wildman–Crippen MR) is 52.7 cm³/mol. The minimum Gasteiger partial charge on any atom is -0.384 e. The number of fused-ring (bicyclic) bond motifs is 1. The Morgan fingerprint density at radius 1 is 1.54 bits per heavy atom. The first-order valence-electron chi connectivity index (χ1n) is 4.38. The van der Waals surface area contributed by atoms with Gasteiger partial charge in [-0.15, -0.1) is 0 Å². The number of halogens is 1. The SMILES string of the molecule is NCC1(O)CCc2c(Cl)cccc21. The van der Waals surface area contributed by atoms with Crippen molar-refractivity contribution in [2.75, 3.05) is 6.54 Å². The fourth-order valence-electron chi connectivity index (χ4n) is 1.93. The van der Waals surface area contributed by atoms with Crippen LogP contribution in [0.1, 0.15) is 17.5 Å². The average Bonchev–Trinajstić information content (AvgIpc) is 2.47. The molecule has 13 heavy (non-hydrogen) atoms. The van der Waals surface area contributed by atoms with Crippen LogP contribution in [0.3, 0.4) is 0 Å². The lowest BCUT2D eigenvalue weighted by atomic mass is 9.96. The molecule has 1 aromatic carbocycles. The van der Waals surface area contributed by atoms with Gasteiger partial charge in [0, 0.05) is 11.6 Å². The van der Waals surface area contributed by atoms with Crippen LogP contribution in [0.2, 0.25) is 5.02 Å². The summed E-state index contributed by atoms with van der Waals surface area (Å²) < 4.78 is 0. The molecule has 1 aliphatic rings. The van der Waals surface area contributed by atoms with Crippen molar-refractivity contribution in [1.29, 1.82) is 0 Å². The second kappa shape index (κ2) is 2.98. The quantitative estimate of drug-likeness (QED) is 0.716. The Kier molecular flexibility index (Phi) is 2.06. The smallest absolute Gasteiger partial charge is 0.102 e. The summed E-state index contributed by atoms with van der Waals surface area (Å²) in [6, 6.07) is 5.61. The van der Waals surface area contributed by atoms with E-state index in [0.29, 0.717) is 6.42 Å². The first-order valence-corrected chi connectivity index (χ1v) is 4.75. The van der Waals surface area contributed by atoms with Crippen molar-refractivity contribution in [1.82, 2.24) is 0 Å². The lowest BCUT2D eigenvalue weighted by Gasteiger charge is -2.21. The van der Waals surface area contributed by atoms with Crippen molar-refractivity contribution >= 4 is 11.6 Å². The van der Waals surface area contributed by atoms with E-state index in [1.807, 2.05) is 18.2 Å². The predicted octanol–water partition coefficient (Wildman–Crippen LogP) is 1.43. The molecular weight excluding hydrogens is 186 g/mol. The highest BCUT2D eigenvalue weighted by Gasteiger charge is 2.35. The second-order valence-corrected chi connectivity index (χ2v) is 3.91. The molecule has 1 unspecified atom stereocenters. The van der Waals surface area contributed by atoms with Crippen LogP contribution in [0, 0.1) is 0 Å². The Balaban J connectivity index is 2.55. The minimum absolute atomic E-state index is 0.264. The van der Waals surface area contributed by atoms with Gasteiger partial charge in [0.25, 0.3) is 0 Å². The number of nitrogens with two attached hydrogens (primary N) is 1. The topological polar surface area (TPSA) is 46.2 Å². The molecule has 0 aromatic heterocycles. The summed E-state index contributed by atoms with van der Waals surface area (Å²) in [5.41, 5.74) is 6.65. The Morgan fingerprint density at radius 2 is 2.31 bits per heavy atom. The van der Waals surface area contributed by atoms with E-state index < -0.39 is 5.60 Å². The lowest BCUT2D eigenvalue weighted by molar-refractivity contribution is 0.0481. The van der Waals surface area contributed by atoms with Gasteiger partial charge in [0.15, 0.2) is 0 Å². The molecule has 70 valence electrons. The first kappa shape index (κ1) is 9.00. The molecule has 0 bridgehead atoms. The summed E-state index contributed by atoms with van der Waals surface area (Å²) in [6.45, 7) is 0.264. The van der Waals surface area contributed by atoms with Gasteiger partial charge in [-0.2, -0.15) is 0 Å². The van der Waals surface area contributed by atoms with Crippen molar-refractivity contribution in [2.45, 2.75) is 18.4 Å². The van der Waals surface area contributed by atoms with Gasteiger partial charge in [0.05, 0.1) is 0 Å². The molecular formula is C10H12ClNO. The number of benzene rings is 1. The van der Waals surface area contributed by atoms with Crippen molar-refractivity contribution in [3.63, 3.8) is 0 Å². The number of hydrogen-bond donors (Lipinski definition) is 2. The Morgan fingerprint density at radius 3 is 3.00 bits per heavy atom. The lowest BCUT2D eigenvalue weighted by Crippen LogP contribution is -2.32. The maximum atomic E-state index is 10.1. The number of aliphatic hydroxyl groups is 1. The van der Waals surface area contributed by atoms with Gasteiger partial charge in [0.1, 0.15) is 5.60 Å². The molecule has 0 spiro atoms. The van der Waals surface area contributed by atoms with E-state index in [0.717, 1.165) is 22.6 Å². The summed E-state index contributed by atoms with van der Waals surface area (Å²) in [7, 11) is 0. The fraction of sp³-hybridized carbons (Fsp3) is 0.400.